The number of halogens is 1. The maximum Gasteiger partial charge on any atom is 0.311 e. The summed E-state index contributed by atoms with van der Waals surface area (Å²) < 4.78 is 5.48. The summed E-state index contributed by atoms with van der Waals surface area (Å²) in [5, 5.41) is 0.756. The van der Waals surface area contributed by atoms with Crippen LogP contribution in [0.3, 0.4) is 0 Å². The Labute approximate surface area is 248 Å². The van der Waals surface area contributed by atoms with Gasteiger partial charge in [0.15, 0.2) is 0 Å². The van der Waals surface area contributed by atoms with E-state index in [9.17, 15) is 4.79 Å². The smallest absolute Gasteiger partial charge is 0.311 e. The Morgan fingerprint density at radius 3 is 2.26 bits per heavy atom. The highest BCUT2D eigenvalue weighted by Crippen LogP contribution is 2.39. The number of benzene rings is 1. The Hall–Kier alpha value is -1.65. The van der Waals surface area contributed by atoms with Crippen molar-refractivity contribution in [2.75, 3.05) is 24.7 Å². The van der Waals surface area contributed by atoms with Gasteiger partial charge in [-0.05, 0) is 99.8 Å². The molecule has 0 saturated heterocycles. The molecule has 0 spiro atoms. The van der Waals surface area contributed by atoms with Crippen LogP contribution in [-0.2, 0) is 16.0 Å². The van der Waals surface area contributed by atoms with E-state index >= 15 is 0 Å². The molecule has 0 bridgehead atoms. The van der Waals surface area contributed by atoms with Gasteiger partial charge in [0.05, 0.1) is 12.0 Å². The lowest BCUT2D eigenvalue weighted by Gasteiger charge is -2.46. The average molecular weight is 574 g/mol. The number of rotatable bonds is 13. The van der Waals surface area contributed by atoms with Crippen LogP contribution in [0.25, 0.3) is 0 Å². The summed E-state index contributed by atoms with van der Waals surface area (Å²) in [6.07, 6.45) is 9.69. The zero-order valence-electron chi connectivity index (χ0n) is 26.1. The number of esters is 1. The first kappa shape index (κ1) is 33.6. The fraction of sp³-hybridized carbons (Fsp3) is 0.618. The van der Waals surface area contributed by atoms with Crippen LogP contribution in [-0.4, -0.2) is 41.1 Å². The molecule has 218 valence electrons. The SMILES string of the molecule is CCOC(=O)C(C)(C)CC(C)(C)N(CCc1ccc(Cl)cc1)C1=CCC=C(C(C)C)C=C1CSCC(C)(C)C. The quantitative estimate of drug-likeness (QED) is 0.220. The first-order valence-electron chi connectivity index (χ1n) is 14.4. The molecule has 1 aliphatic rings. The van der Waals surface area contributed by atoms with Gasteiger partial charge < -0.3 is 9.64 Å². The van der Waals surface area contributed by atoms with E-state index in [-0.39, 0.29) is 16.9 Å². The highest BCUT2D eigenvalue weighted by atomic mass is 35.5. The first-order valence-corrected chi connectivity index (χ1v) is 16.0. The second kappa shape index (κ2) is 14.3. The molecule has 0 unspecified atom stereocenters. The fourth-order valence-corrected chi connectivity index (χ4v) is 6.55. The lowest BCUT2D eigenvalue weighted by molar-refractivity contribution is -0.155. The van der Waals surface area contributed by atoms with Crippen LogP contribution in [0.4, 0.5) is 0 Å². The molecule has 3 nitrogen and oxygen atoms in total. The van der Waals surface area contributed by atoms with Gasteiger partial charge in [0.25, 0.3) is 0 Å². The highest BCUT2D eigenvalue weighted by Gasteiger charge is 2.40. The molecule has 0 aliphatic heterocycles. The van der Waals surface area contributed by atoms with Gasteiger partial charge in [-0.25, -0.2) is 0 Å². The van der Waals surface area contributed by atoms with Crippen molar-refractivity contribution < 1.29 is 9.53 Å². The van der Waals surface area contributed by atoms with E-state index in [0.29, 0.717) is 18.9 Å². The molecule has 0 N–H and O–H groups in total. The van der Waals surface area contributed by atoms with Crippen LogP contribution in [0.5, 0.6) is 0 Å². The Morgan fingerprint density at radius 2 is 1.69 bits per heavy atom. The maximum absolute atomic E-state index is 12.9. The van der Waals surface area contributed by atoms with Crippen molar-refractivity contribution in [1.29, 1.82) is 0 Å². The number of nitrogens with zero attached hydrogens (tertiary/aromatic N) is 1. The largest absolute Gasteiger partial charge is 0.466 e. The van der Waals surface area contributed by atoms with Crippen molar-refractivity contribution in [2.24, 2.45) is 16.7 Å². The summed E-state index contributed by atoms with van der Waals surface area (Å²) in [6.45, 7) is 23.2. The van der Waals surface area contributed by atoms with Crippen molar-refractivity contribution in [3.8, 4) is 0 Å². The van der Waals surface area contributed by atoms with E-state index in [1.807, 2.05) is 44.7 Å². The van der Waals surface area contributed by atoms with Crippen molar-refractivity contribution >= 4 is 29.3 Å². The molecule has 0 saturated carbocycles. The molecule has 0 fully saturated rings. The van der Waals surface area contributed by atoms with Crippen LogP contribution in [0.2, 0.25) is 5.02 Å². The Balaban J connectivity index is 2.50. The summed E-state index contributed by atoms with van der Waals surface area (Å²) in [6, 6.07) is 8.17. The lowest BCUT2D eigenvalue weighted by Crippen LogP contribution is -2.49. The minimum atomic E-state index is -0.602. The van der Waals surface area contributed by atoms with Gasteiger partial charge >= 0.3 is 5.97 Å². The standard InChI is InChI=1S/C34H52ClNO2S/c1-11-38-31(37)33(7,8)23-34(9,10)36(20-19-26-15-17-29(35)18-16-26)30-14-12-13-27(25(2)3)21-28(30)22-39-24-32(4,5)6/h13-18,21,25H,11-12,19-20,22-24H2,1-10H3. The van der Waals surface area contributed by atoms with E-state index in [1.165, 1.54) is 22.4 Å². The van der Waals surface area contributed by atoms with Gasteiger partial charge in [-0.15, -0.1) is 0 Å². The van der Waals surface area contributed by atoms with Crippen LogP contribution in [0.1, 0.15) is 87.6 Å². The zero-order valence-corrected chi connectivity index (χ0v) is 27.7. The second-order valence-corrected chi connectivity index (χ2v) is 15.0. The molecule has 39 heavy (non-hydrogen) atoms. The first-order chi connectivity index (χ1) is 18.1. The molecule has 1 aromatic rings. The van der Waals surface area contributed by atoms with E-state index in [0.717, 1.165) is 35.9 Å². The molecule has 5 heteroatoms. The van der Waals surface area contributed by atoms with Gasteiger partial charge in [-0.1, -0.05) is 76.6 Å². The number of ether oxygens (including phenoxy) is 1. The number of allylic oxidation sites excluding steroid dienone is 5. The van der Waals surface area contributed by atoms with Crippen LogP contribution in [0.15, 0.2) is 59.3 Å². The topological polar surface area (TPSA) is 29.5 Å². The van der Waals surface area contributed by atoms with Gasteiger partial charge in [-0.3, -0.25) is 4.79 Å². The van der Waals surface area contributed by atoms with Gasteiger partial charge in [0.2, 0.25) is 0 Å². The van der Waals surface area contributed by atoms with Gasteiger partial charge in [0.1, 0.15) is 0 Å². The third-order valence-corrected chi connectivity index (χ3v) is 8.89. The second-order valence-electron chi connectivity index (χ2n) is 13.5. The van der Waals surface area contributed by atoms with Crippen molar-refractivity contribution in [2.45, 2.75) is 94.0 Å². The van der Waals surface area contributed by atoms with Crippen LogP contribution < -0.4 is 0 Å². The molecule has 0 heterocycles. The Morgan fingerprint density at radius 1 is 1.05 bits per heavy atom. The fourth-order valence-electron chi connectivity index (χ4n) is 5.26. The molecular formula is C34H52ClNO2S. The summed E-state index contributed by atoms with van der Waals surface area (Å²) in [5.74, 6) is 2.40. The zero-order chi connectivity index (χ0) is 29.4. The Kier molecular flexibility index (Phi) is 12.3. The molecule has 1 aliphatic carbocycles. The number of hydrogen-bond donors (Lipinski definition) is 0. The normalized spacial score (nSPS) is 14.9. The number of carbonyl (C=O) groups is 1. The lowest BCUT2D eigenvalue weighted by atomic mass is 9.78. The molecule has 0 aromatic heterocycles. The number of hydrogen-bond acceptors (Lipinski definition) is 4. The van der Waals surface area contributed by atoms with Crippen molar-refractivity contribution in [3.63, 3.8) is 0 Å². The molecular weight excluding hydrogens is 522 g/mol. The predicted molar refractivity (Wildman–Crippen MR) is 171 cm³/mol. The number of thioether (sulfide) groups is 1. The average Bonchev–Trinajstić information content (AvgIpc) is 3.02. The van der Waals surface area contributed by atoms with Gasteiger partial charge in [0, 0.05) is 28.6 Å². The molecule has 2 rings (SSSR count). The van der Waals surface area contributed by atoms with Crippen molar-refractivity contribution in [3.05, 3.63) is 69.9 Å². The summed E-state index contributed by atoms with van der Waals surface area (Å²) in [7, 11) is 0. The third kappa shape index (κ3) is 10.7. The number of carbonyl (C=O) groups excluding carboxylic acids is 1. The van der Waals surface area contributed by atoms with Crippen LogP contribution >= 0.6 is 23.4 Å². The molecule has 0 atom stereocenters. The monoisotopic (exact) mass is 573 g/mol. The van der Waals surface area contributed by atoms with Crippen molar-refractivity contribution in [1.82, 2.24) is 4.90 Å². The van der Waals surface area contributed by atoms with Gasteiger partial charge in [-0.2, -0.15) is 11.8 Å². The summed E-state index contributed by atoms with van der Waals surface area (Å²) in [5.41, 5.74) is 4.71. The van der Waals surface area contributed by atoms with E-state index in [2.05, 4.69) is 83.7 Å². The summed E-state index contributed by atoms with van der Waals surface area (Å²) in [4.78, 5) is 15.5. The maximum atomic E-state index is 12.9. The van der Waals surface area contributed by atoms with E-state index in [1.54, 1.807) is 0 Å². The Bertz CT molecular complexity index is 1040. The molecule has 0 radical (unpaired) electrons. The predicted octanol–water partition coefficient (Wildman–Crippen LogP) is 9.52. The molecule has 1 aromatic carbocycles. The summed E-state index contributed by atoms with van der Waals surface area (Å²) >= 11 is 8.19. The van der Waals surface area contributed by atoms with E-state index < -0.39 is 5.41 Å². The third-order valence-electron chi connectivity index (χ3n) is 7.06. The van der Waals surface area contributed by atoms with E-state index in [4.69, 9.17) is 16.3 Å². The highest BCUT2D eigenvalue weighted by molar-refractivity contribution is 7.99. The van der Waals surface area contributed by atoms with Crippen LogP contribution in [0, 0.1) is 16.7 Å². The molecule has 0 amide bonds. The minimum absolute atomic E-state index is 0.133. The minimum Gasteiger partial charge on any atom is -0.466 e.